The van der Waals surface area contributed by atoms with Crippen LogP contribution in [0.2, 0.25) is 0 Å². The third kappa shape index (κ3) is 2.55. The fourth-order valence-corrected chi connectivity index (χ4v) is 1.30. The van der Waals surface area contributed by atoms with Crippen LogP contribution in [0.25, 0.3) is 0 Å². The Morgan fingerprint density at radius 1 is 1.73 bits per heavy atom. The van der Waals surface area contributed by atoms with Crippen molar-refractivity contribution in [2.75, 3.05) is 5.75 Å². The topological polar surface area (TPSA) is 48.9 Å². The Kier molecular flexibility index (Phi) is 3.45. The lowest BCUT2D eigenvalue weighted by Gasteiger charge is -1.92. The number of hydrogen-bond donors (Lipinski definition) is 2. The molecule has 3 nitrogen and oxygen atoms in total. The quantitative estimate of drug-likeness (QED) is 0.716. The minimum Gasteiger partial charge on any atom is -0.390 e. The van der Waals surface area contributed by atoms with Gasteiger partial charge in [-0.05, 0) is 5.75 Å². The molecule has 0 spiro atoms. The van der Waals surface area contributed by atoms with E-state index >= 15 is 0 Å². The Balaban J connectivity index is 2.44. The first-order valence-electron chi connectivity index (χ1n) is 3.58. The minimum atomic E-state index is 0.0454. The fourth-order valence-electron chi connectivity index (χ4n) is 0.758. The van der Waals surface area contributed by atoms with Gasteiger partial charge in [0.1, 0.15) is 5.82 Å². The first kappa shape index (κ1) is 8.62. The van der Waals surface area contributed by atoms with Crippen molar-refractivity contribution in [2.45, 2.75) is 19.3 Å². The summed E-state index contributed by atoms with van der Waals surface area (Å²) in [6.07, 6.45) is 1.67. The van der Waals surface area contributed by atoms with Crippen LogP contribution >= 0.6 is 11.8 Å². The molecule has 1 aromatic heterocycles. The van der Waals surface area contributed by atoms with Crippen LogP contribution in [0.15, 0.2) is 6.20 Å². The van der Waals surface area contributed by atoms with Crippen LogP contribution in [0, 0.1) is 0 Å². The number of aliphatic hydroxyl groups excluding tert-OH is 1. The average Bonchev–Trinajstić information content (AvgIpc) is 2.48. The van der Waals surface area contributed by atoms with E-state index < -0.39 is 0 Å². The van der Waals surface area contributed by atoms with Gasteiger partial charge >= 0.3 is 0 Å². The first-order chi connectivity index (χ1) is 5.36. The number of aromatic nitrogens is 2. The molecule has 1 rings (SSSR count). The SMILES string of the molecule is CCSCc1ncc(CO)[nH]1. The van der Waals surface area contributed by atoms with Crippen LogP contribution in [0.3, 0.4) is 0 Å². The van der Waals surface area contributed by atoms with E-state index in [0.29, 0.717) is 0 Å². The summed E-state index contributed by atoms with van der Waals surface area (Å²) in [6, 6.07) is 0. The van der Waals surface area contributed by atoms with E-state index in [4.69, 9.17) is 5.11 Å². The molecule has 0 amide bonds. The Morgan fingerprint density at radius 2 is 2.55 bits per heavy atom. The predicted molar refractivity (Wildman–Crippen MR) is 46.3 cm³/mol. The molecule has 0 fully saturated rings. The molecule has 1 aromatic rings. The molecule has 62 valence electrons. The summed E-state index contributed by atoms with van der Waals surface area (Å²) in [4.78, 5) is 7.10. The predicted octanol–water partition coefficient (Wildman–Crippen LogP) is 1.16. The van der Waals surface area contributed by atoms with Gasteiger partial charge in [-0.15, -0.1) is 0 Å². The maximum atomic E-state index is 8.70. The van der Waals surface area contributed by atoms with Gasteiger partial charge in [0.15, 0.2) is 0 Å². The molecule has 11 heavy (non-hydrogen) atoms. The van der Waals surface area contributed by atoms with E-state index in [0.717, 1.165) is 23.0 Å². The summed E-state index contributed by atoms with van der Waals surface area (Å²) in [5.74, 6) is 2.94. The molecule has 0 aliphatic rings. The van der Waals surface area contributed by atoms with Gasteiger partial charge in [-0.3, -0.25) is 0 Å². The van der Waals surface area contributed by atoms with Crippen LogP contribution in [-0.4, -0.2) is 20.8 Å². The molecule has 0 aliphatic heterocycles. The van der Waals surface area contributed by atoms with Crippen molar-refractivity contribution in [1.82, 2.24) is 9.97 Å². The summed E-state index contributed by atoms with van der Waals surface area (Å²) >= 11 is 1.81. The second-order valence-electron chi connectivity index (χ2n) is 2.15. The van der Waals surface area contributed by atoms with Crippen LogP contribution in [-0.2, 0) is 12.4 Å². The normalized spacial score (nSPS) is 10.4. The Morgan fingerprint density at radius 3 is 3.09 bits per heavy atom. The van der Waals surface area contributed by atoms with Crippen molar-refractivity contribution in [2.24, 2.45) is 0 Å². The van der Waals surface area contributed by atoms with Crippen LogP contribution in [0.4, 0.5) is 0 Å². The van der Waals surface area contributed by atoms with Gasteiger partial charge in [0.05, 0.1) is 24.3 Å². The molecule has 4 heteroatoms. The third-order valence-electron chi connectivity index (χ3n) is 1.29. The third-order valence-corrected chi connectivity index (χ3v) is 2.18. The van der Waals surface area contributed by atoms with Crippen molar-refractivity contribution in [3.8, 4) is 0 Å². The van der Waals surface area contributed by atoms with E-state index in [1.165, 1.54) is 0 Å². The molecule has 0 bridgehead atoms. The maximum Gasteiger partial charge on any atom is 0.116 e. The number of imidazole rings is 1. The molecule has 0 aromatic carbocycles. The Hall–Kier alpha value is -0.480. The first-order valence-corrected chi connectivity index (χ1v) is 4.73. The second kappa shape index (κ2) is 4.41. The van der Waals surface area contributed by atoms with Crippen molar-refractivity contribution in [3.63, 3.8) is 0 Å². The number of H-pyrrole nitrogens is 1. The molecule has 0 saturated carbocycles. The van der Waals surface area contributed by atoms with Gasteiger partial charge in [-0.2, -0.15) is 11.8 Å². The number of hydrogen-bond acceptors (Lipinski definition) is 3. The number of rotatable bonds is 4. The summed E-state index contributed by atoms with van der Waals surface area (Å²) in [5.41, 5.74) is 0.789. The monoisotopic (exact) mass is 172 g/mol. The highest BCUT2D eigenvalue weighted by Gasteiger charge is 1.97. The summed E-state index contributed by atoms with van der Waals surface area (Å²) in [7, 11) is 0. The zero-order valence-electron chi connectivity index (χ0n) is 6.50. The van der Waals surface area contributed by atoms with Crippen LogP contribution < -0.4 is 0 Å². The Labute approximate surface area is 70.2 Å². The fraction of sp³-hybridized carbons (Fsp3) is 0.571. The number of nitrogens with one attached hydrogen (secondary N) is 1. The van der Waals surface area contributed by atoms with E-state index in [1.54, 1.807) is 6.20 Å². The van der Waals surface area contributed by atoms with Gasteiger partial charge < -0.3 is 10.1 Å². The molecule has 0 atom stereocenters. The zero-order chi connectivity index (χ0) is 8.10. The van der Waals surface area contributed by atoms with Gasteiger partial charge in [0.2, 0.25) is 0 Å². The van der Waals surface area contributed by atoms with Crippen molar-refractivity contribution < 1.29 is 5.11 Å². The van der Waals surface area contributed by atoms with Crippen LogP contribution in [0.5, 0.6) is 0 Å². The lowest BCUT2D eigenvalue weighted by molar-refractivity contribution is 0.277. The van der Waals surface area contributed by atoms with E-state index in [2.05, 4.69) is 16.9 Å². The van der Waals surface area contributed by atoms with Crippen molar-refractivity contribution >= 4 is 11.8 Å². The molecule has 2 N–H and O–H groups in total. The largest absolute Gasteiger partial charge is 0.390 e. The lowest BCUT2D eigenvalue weighted by atomic mass is 10.5. The Bertz CT molecular complexity index is 212. The van der Waals surface area contributed by atoms with Crippen molar-refractivity contribution in [1.29, 1.82) is 0 Å². The zero-order valence-corrected chi connectivity index (χ0v) is 7.32. The number of thioether (sulfide) groups is 1. The molecule has 0 unspecified atom stereocenters. The molecule has 0 aliphatic carbocycles. The highest BCUT2D eigenvalue weighted by atomic mass is 32.2. The molecular weight excluding hydrogens is 160 g/mol. The van der Waals surface area contributed by atoms with E-state index in [9.17, 15) is 0 Å². The van der Waals surface area contributed by atoms with Crippen molar-refractivity contribution in [3.05, 3.63) is 17.7 Å². The highest BCUT2D eigenvalue weighted by molar-refractivity contribution is 7.98. The average molecular weight is 172 g/mol. The number of aliphatic hydroxyl groups is 1. The second-order valence-corrected chi connectivity index (χ2v) is 3.42. The van der Waals surface area contributed by atoms with Gasteiger partial charge in [0, 0.05) is 0 Å². The minimum absolute atomic E-state index is 0.0454. The smallest absolute Gasteiger partial charge is 0.116 e. The van der Waals surface area contributed by atoms with Gasteiger partial charge in [0.25, 0.3) is 0 Å². The summed E-state index contributed by atoms with van der Waals surface area (Å²) in [6.45, 7) is 2.16. The standard InChI is InChI=1S/C7H12N2OS/c1-2-11-5-7-8-3-6(4-10)9-7/h3,10H,2,4-5H2,1H3,(H,8,9). The molecule has 0 radical (unpaired) electrons. The van der Waals surface area contributed by atoms with E-state index in [1.807, 2.05) is 11.8 Å². The molecule has 1 heterocycles. The lowest BCUT2D eigenvalue weighted by Crippen LogP contribution is -1.85. The number of aromatic amines is 1. The maximum absolute atomic E-state index is 8.70. The number of nitrogens with zero attached hydrogens (tertiary/aromatic N) is 1. The molecule has 0 saturated heterocycles. The van der Waals surface area contributed by atoms with Crippen LogP contribution in [0.1, 0.15) is 18.4 Å². The van der Waals surface area contributed by atoms with Gasteiger partial charge in [-0.25, -0.2) is 4.98 Å². The summed E-state index contributed by atoms with van der Waals surface area (Å²) < 4.78 is 0. The van der Waals surface area contributed by atoms with Gasteiger partial charge in [-0.1, -0.05) is 6.92 Å². The molecular formula is C7H12N2OS. The highest BCUT2D eigenvalue weighted by Crippen LogP contribution is 2.07. The van der Waals surface area contributed by atoms with E-state index in [-0.39, 0.29) is 6.61 Å². The summed E-state index contributed by atoms with van der Waals surface area (Å²) in [5, 5.41) is 8.70.